The maximum Gasteiger partial charge on any atom is 0.322 e. The molecular weight excluding hydrogens is 370 g/mol. The van der Waals surface area contributed by atoms with Gasteiger partial charge in [-0.3, -0.25) is 9.48 Å². The number of benzene rings is 1. The van der Waals surface area contributed by atoms with Crippen LogP contribution >= 0.6 is 0 Å². The summed E-state index contributed by atoms with van der Waals surface area (Å²) in [6.07, 6.45) is 6.52. The largest absolute Gasteiger partial charge is 0.381 e. The smallest absolute Gasteiger partial charge is 0.322 e. The first kappa shape index (κ1) is 19.4. The van der Waals surface area contributed by atoms with E-state index in [1.165, 1.54) is 0 Å². The van der Waals surface area contributed by atoms with Crippen LogP contribution in [0, 0.1) is 5.92 Å². The second-order valence-corrected chi connectivity index (χ2v) is 7.78. The number of nitrogens with one attached hydrogen (secondary N) is 2. The molecule has 2 aromatic rings. The topological polar surface area (TPSA) is 88.5 Å². The van der Waals surface area contributed by atoms with Crippen molar-refractivity contribution in [1.29, 1.82) is 0 Å². The molecule has 8 nitrogen and oxygen atoms in total. The molecule has 2 fully saturated rings. The van der Waals surface area contributed by atoms with E-state index in [9.17, 15) is 9.59 Å². The van der Waals surface area contributed by atoms with Gasteiger partial charge in [-0.25, -0.2) is 4.79 Å². The Labute approximate surface area is 170 Å². The third-order valence-corrected chi connectivity index (χ3v) is 5.41. The molecule has 1 aromatic heterocycles. The van der Waals surface area contributed by atoms with Crippen molar-refractivity contribution in [3.63, 3.8) is 0 Å². The molecule has 4 rings (SSSR count). The molecule has 154 valence electrons. The molecule has 2 atom stereocenters. The predicted molar refractivity (Wildman–Crippen MR) is 110 cm³/mol. The number of hydrogen-bond acceptors (Lipinski definition) is 4. The summed E-state index contributed by atoms with van der Waals surface area (Å²) in [5, 5.41) is 9.97. The monoisotopic (exact) mass is 397 g/mol. The Morgan fingerprint density at radius 1 is 1.24 bits per heavy atom. The first-order chi connectivity index (χ1) is 14.1. The van der Waals surface area contributed by atoms with Gasteiger partial charge in [0, 0.05) is 48.9 Å². The van der Waals surface area contributed by atoms with Crippen molar-refractivity contribution < 1.29 is 14.3 Å². The second kappa shape index (κ2) is 8.65. The number of carbonyl (C=O) groups is 2. The molecule has 2 N–H and O–H groups in total. The van der Waals surface area contributed by atoms with Gasteiger partial charge in [-0.1, -0.05) is 6.07 Å². The summed E-state index contributed by atoms with van der Waals surface area (Å²) in [7, 11) is 0. The van der Waals surface area contributed by atoms with Crippen LogP contribution < -0.4 is 10.6 Å². The molecule has 2 aliphatic rings. The minimum absolute atomic E-state index is 0.0900. The van der Waals surface area contributed by atoms with Gasteiger partial charge in [0.1, 0.15) is 6.04 Å². The maximum absolute atomic E-state index is 12.9. The molecule has 1 aliphatic carbocycles. The number of urea groups is 1. The van der Waals surface area contributed by atoms with Crippen molar-refractivity contribution in [2.75, 3.05) is 30.4 Å². The number of nitrogens with zero attached hydrogens (tertiary/aromatic N) is 3. The maximum atomic E-state index is 12.9. The molecule has 2 heterocycles. The summed E-state index contributed by atoms with van der Waals surface area (Å²) >= 11 is 0. The van der Waals surface area contributed by atoms with E-state index < -0.39 is 6.04 Å². The molecule has 3 amide bonds. The number of amides is 3. The summed E-state index contributed by atoms with van der Waals surface area (Å²) in [5.41, 5.74) is 1.29. The molecule has 1 aromatic carbocycles. The number of hydrogen-bond donors (Lipinski definition) is 2. The summed E-state index contributed by atoms with van der Waals surface area (Å²) in [5.74, 6) is 0.244. The quantitative estimate of drug-likeness (QED) is 0.751. The number of aromatic nitrogens is 2. The number of ether oxygens (including phenoxy) is 1. The van der Waals surface area contributed by atoms with E-state index in [1.54, 1.807) is 42.2 Å². The Kier molecular flexibility index (Phi) is 5.80. The Morgan fingerprint density at radius 3 is 2.69 bits per heavy atom. The lowest BCUT2D eigenvalue weighted by Gasteiger charge is -2.25. The van der Waals surface area contributed by atoms with E-state index in [1.807, 2.05) is 17.0 Å². The van der Waals surface area contributed by atoms with Gasteiger partial charge in [0.05, 0.1) is 6.61 Å². The highest BCUT2D eigenvalue weighted by Crippen LogP contribution is 2.30. The molecule has 29 heavy (non-hydrogen) atoms. The summed E-state index contributed by atoms with van der Waals surface area (Å²) in [6, 6.07) is 8.81. The SMILES string of the molecule is C[C@@H](C(=O)Nc1cccc(NC(=O)N(C[C@@H]2CCOC2)C2CC2)c1)n1cccn1. The molecule has 1 saturated carbocycles. The van der Waals surface area contributed by atoms with E-state index in [4.69, 9.17) is 4.74 Å². The lowest BCUT2D eigenvalue weighted by Crippen LogP contribution is -2.40. The zero-order chi connectivity index (χ0) is 20.2. The van der Waals surface area contributed by atoms with Crippen LogP contribution in [0.1, 0.15) is 32.2 Å². The fourth-order valence-corrected chi connectivity index (χ4v) is 3.54. The third kappa shape index (κ3) is 4.95. The van der Waals surface area contributed by atoms with Gasteiger partial charge >= 0.3 is 6.03 Å². The van der Waals surface area contributed by atoms with Crippen molar-refractivity contribution in [2.24, 2.45) is 5.92 Å². The van der Waals surface area contributed by atoms with Gasteiger partial charge in [0.2, 0.25) is 5.91 Å². The van der Waals surface area contributed by atoms with Crippen LogP contribution in [-0.4, -0.2) is 52.4 Å². The van der Waals surface area contributed by atoms with Crippen LogP contribution in [0.2, 0.25) is 0 Å². The first-order valence-electron chi connectivity index (χ1n) is 10.2. The Hall–Kier alpha value is -2.87. The van der Waals surface area contributed by atoms with Gasteiger partial charge in [0.15, 0.2) is 0 Å². The Bertz CT molecular complexity index is 844. The van der Waals surface area contributed by atoms with Gasteiger partial charge in [0.25, 0.3) is 0 Å². The highest BCUT2D eigenvalue weighted by Gasteiger charge is 2.34. The summed E-state index contributed by atoms with van der Waals surface area (Å²) in [4.78, 5) is 27.3. The van der Waals surface area contributed by atoms with Crippen molar-refractivity contribution in [3.8, 4) is 0 Å². The van der Waals surface area contributed by atoms with Crippen LogP contribution in [0.15, 0.2) is 42.7 Å². The van der Waals surface area contributed by atoms with Crippen LogP contribution in [0.5, 0.6) is 0 Å². The van der Waals surface area contributed by atoms with Crippen LogP contribution in [0.25, 0.3) is 0 Å². The van der Waals surface area contributed by atoms with E-state index in [0.717, 1.165) is 39.0 Å². The van der Waals surface area contributed by atoms with Crippen LogP contribution in [-0.2, 0) is 9.53 Å². The molecule has 0 spiro atoms. The van der Waals surface area contributed by atoms with Gasteiger partial charge in [-0.15, -0.1) is 0 Å². The van der Waals surface area contributed by atoms with Crippen molar-refractivity contribution in [3.05, 3.63) is 42.7 Å². The number of carbonyl (C=O) groups excluding carboxylic acids is 2. The fourth-order valence-electron chi connectivity index (χ4n) is 3.54. The van der Waals surface area contributed by atoms with E-state index in [2.05, 4.69) is 15.7 Å². The van der Waals surface area contributed by atoms with Crippen molar-refractivity contribution in [1.82, 2.24) is 14.7 Å². The predicted octanol–water partition coefficient (Wildman–Crippen LogP) is 3.12. The first-order valence-corrected chi connectivity index (χ1v) is 10.2. The number of anilines is 2. The standard InChI is InChI=1S/C21H27N5O3/c1-15(26-10-3-9-22-26)20(27)23-17-4-2-5-18(12-17)24-21(28)25(19-6-7-19)13-16-8-11-29-14-16/h2-5,9-10,12,15-16,19H,6-8,11,13-14H2,1H3,(H,23,27)(H,24,28)/t15-,16-/m0/s1. The molecule has 0 bridgehead atoms. The highest BCUT2D eigenvalue weighted by atomic mass is 16.5. The van der Waals surface area contributed by atoms with Crippen LogP contribution in [0.3, 0.4) is 0 Å². The Morgan fingerprint density at radius 2 is 2.03 bits per heavy atom. The third-order valence-electron chi connectivity index (χ3n) is 5.41. The second-order valence-electron chi connectivity index (χ2n) is 7.78. The van der Waals surface area contributed by atoms with E-state index in [-0.39, 0.29) is 11.9 Å². The number of rotatable bonds is 7. The highest BCUT2D eigenvalue weighted by molar-refractivity contribution is 5.95. The zero-order valence-electron chi connectivity index (χ0n) is 16.6. The molecule has 0 radical (unpaired) electrons. The van der Waals surface area contributed by atoms with Crippen LogP contribution in [0.4, 0.5) is 16.2 Å². The fraction of sp³-hybridized carbons (Fsp3) is 0.476. The normalized spacial score (nSPS) is 19.6. The Balaban J connectivity index is 1.37. The summed E-state index contributed by atoms with van der Waals surface area (Å²) in [6.45, 7) is 4.03. The minimum Gasteiger partial charge on any atom is -0.381 e. The van der Waals surface area contributed by atoms with E-state index in [0.29, 0.717) is 23.3 Å². The van der Waals surface area contributed by atoms with Crippen molar-refractivity contribution in [2.45, 2.75) is 38.3 Å². The molecule has 8 heteroatoms. The van der Waals surface area contributed by atoms with Gasteiger partial charge in [-0.05, 0) is 50.5 Å². The van der Waals surface area contributed by atoms with E-state index >= 15 is 0 Å². The van der Waals surface area contributed by atoms with Gasteiger partial charge in [-0.2, -0.15) is 5.10 Å². The molecule has 1 aliphatic heterocycles. The average molecular weight is 397 g/mol. The van der Waals surface area contributed by atoms with Gasteiger partial charge < -0.3 is 20.3 Å². The zero-order valence-corrected chi connectivity index (χ0v) is 16.6. The molecule has 0 unspecified atom stereocenters. The molecule has 1 saturated heterocycles. The van der Waals surface area contributed by atoms with Crippen molar-refractivity contribution >= 4 is 23.3 Å². The lowest BCUT2D eigenvalue weighted by atomic mass is 10.1. The molecular formula is C21H27N5O3. The minimum atomic E-state index is -0.428. The lowest BCUT2D eigenvalue weighted by molar-refractivity contribution is -0.119. The summed E-state index contributed by atoms with van der Waals surface area (Å²) < 4.78 is 7.05. The average Bonchev–Trinajstić information content (AvgIpc) is 3.18.